The Bertz CT molecular complexity index is 560. The van der Waals surface area contributed by atoms with Gasteiger partial charge in [0.2, 0.25) is 0 Å². The molecule has 2 aromatic rings. The van der Waals surface area contributed by atoms with Crippen LogP contribution in [0.4, 0.5) is 17.2 Å². The van der Waals surface area contributed by atoms with E-state index >= 15 is 0 Å². The summed E-state index contributed by atoms with van der Waals surface area (Å²) in [5, 5.41) is 7.22. The van der Waals surface area contributed by atoms with Gasteiger partial charge < -0.3 is 10.6 Å². The van der Waals surface area contributed by atoms with Crippen molar-refractivity contribution in [3.05, 3.63) is 46.0 Å². The van der Waals surface area contributed by atoms with E-state index in [1.165, 1.54) is 0 Å². The van der Waals surface area contributed by atoms with E-state index in [1.54, 1.807) is 6.20 Å². The number of hydrogen-bond acceptors (Lipinski definition) is 3. The Hall–Kier alpha value is -1.26. The van der Waals surface area contributed by atoms with Crippen LogP contribution in [0.25, 0.3) is 0 Å². The SMILES string of the molecule is CCCNc1cc(Nc2cc(Br)ccc2Cl)ccn1. The lowest BCUT2D eigenvalue weighted by atomic mass is 10.3. The van der Waals surface area contributed by atoms with E-state index in [0.717, 1.165) is 34.6 Å². The van der Waals surface area contributed by atoms with Gasteiger partial charge >= 0.3 is 0 Å². The first-order valence-electron chi connectivity index (χ1n) is 6.11. The zero-order chi connectivity index (χ0) is 13.7. The predicted molar refractivity (Wildman–Crippen MR) is 85.5 cm³/mol. The predicted octanol–water partition coefficient (Wildman–Crippen LogP) is 5.06. The molecule has 100 valence electrons. The Morgan fingerprint density at radius 1 is 1.26 bits per heavy atom. The van der Waals surface area contributed by atoms with E-state index in [9.17, 15) is 0 Å². The average molecular weight is 341 g/mol. The van der Waals surface area contributed by atoms with Gasteiger partial charge in [-0.15, -0.1) is 0 Å². The molecule has 2 N–H and O–H groups in total. The van der Waals surface area contributed by atoms with Gasteiger partial charge in [-0.1, -0.05) is 34.5 Å². The maximum Gasteiger partial charge on any atom is 0.127 e. The van der Waals surface area contributed by atoms with Crippen LogP contribution in [-0.4, -0.2) is 11.5 Å². The van der Waals surface area contributed by atoms with Crippen molar-refractivity contribution in [3.8, 4) is 0 Å². The van der Waals surface area contributed by atoms with E-state index in [1.807, 2.05) is 30.3 Å². The van der Waals surface area contributed by atoms with Crippen LogP contribution in [0.3, 0.4) is 0 Å². The first-order chi connectivity index (χ1) is 9.19. The summed E-state index contributed by atoms with van der Waals surface area (Å²) in [7, 11) is 0. The van der Waals surface area contributed by atoms with Crippen LogP contribution in [0.2, 0.25) is 5.02 Å². The average Bonchev–Trinajstić information content (AvgIpc) is 2.41. The summed E-state index contributed by atoms with van der Waals surface area (Å²) in [6.45, 7) is 3.03. The number of anilines is 3. The number of benzene rings is 1. The summed E-state index contributed by atoms with van der Waals surface area (Å²) < 4.78 is 0.984. The zero-order valence-electron chi connectivity index (χ0n) is 10.6. The first kappa shape index (κ1) is 14.2. The van der Waals surface area contributed by atoms with Crippen LogP contribution in [0.15, 0.2) is 41.0 Å². The number of nitrogens with zero attached hydrogens (tertiary/aromatic N) is 1. The third-order valence-electron chi connectivity index (χ3n) is 2.52. The largest absolute Gasteiger partial charge is 0.370 e. The second-order valence-corrected chi connectivity index (χ2v) is 5.43. The number of halogens is 2. The maximum absolute atomic E-state index is 6.15. The van der Waals surface area contributed by atoms with Crippen LogP contribution in [-0.2, 0) is 0 Å². The number of hydrogen-bond donors (Lipinski definition) is 2. The van der Waals surface area contributed by atoms with Crippen molar-refractivity contribution in [2.24, 2.45) is 0 Å². The van der Waals surface area contributed by atoms with Gasteiger partial charge in [0, 0.05) is 29.0 Å². The summed E-state index contributed by atoms with van der Waals surface area (Å²) >= 11 is 9.59. The lowest BCUT2D eigenvalue weighted by Crippen LogP contribution is -2.02. The molecule has 0 radical (unpaired) electrons. The third kappa shape index (κ3) is 4.11. The molecule has 0 amide bonds. The van der Waals surface area contributed by atoms with Crippen LogP contribution in [0.1, 0.15) is 13.3 Å². The molecule has 0 bridgehead atoms. The van der Waals surface area contributed by atoms with Gasteiger partial charge in [-0.2, -0.15) is 0 Å². The van der Waals surface area contributed by atoms with Gasteiger partial charge in [0.15, 0.2) is 0 Å². The molecule has 1 aromatic carbocycles. The van der Waals surface area contributed by atoms with Gasteiger partial charge in [-0.25, -0.2) is 4.98 Å². The molecule has 19 heavy (non-hydrogen) atoms. The highest BCUT2D eigenvalue weighted by molar-refractivity contribution is 9.10. The molecule has 1 aromatic heterocycles. The van der Waals surface area contributed by atoms with Crippen molar-refractivity contribution in [1.82, 2.24) is 4.98 Å². The summed E-state index contributed by atoms with van der Waals surface area (Å²) in [5.74, 6) is 0.859. The highest BCUT2D eigenvalue weighted by Crippen LogP contribution is 2.29. The second kappa shape index (κ2) is 6.78. The highest BCUT2D eigenvalue weighted by Gasteiger charge is 2.02. The fraction of sp³-hybridized carbons (Fsp3) is 0.214. The standard InChI is InChI=1S/C14H15BrClN3/c1-2-6-17-14-9-11(5-7-18-14)19-13-8-10(15)3-4-12(13)16/h3-5,7-9H,2,6H2,1H3,(H2,17,18,19). The van der Waals surface area contributed by atoms with Crippen molar-refractivity contribution in [3.63, 3.8) is 0 Å². The normalized spacial score (nSPS) is 10.3. The Kier molecular flexibility index (Phi) is 5.05. The minimum Gasteiger partial charge on any atom is -0.370 e. The molecule has 0 unspecified atom stereocenters. The van der Waals surface area contributed by atoms with Gasteiger partial charge in [0.1, 0.15) is 5.82 Å². The van der Waals surface area contributed by atoms with E-state index < -0.39 is 0 Å². The molecule has 0 aliphatic carbocycles. The summed E-state index contributed by atoms with van der Waals surface area (Å²) in [5.41, 5.74) is 1.82. The summed E-state index contributed by atoms with van der Waals surface area (Å²) in [4.78, 5) is 4.27. The molecule has 0 spiro atoms. The summed E-state index contributed by atoms with van der Waals surface area (Å²) in [6, 6.07) is 9.59. The Morgan fingerprint density at radius 3 is 2.89 bits per heavy atom. The number of aromatic nitrogens is 1. The van der Waals surface area contributed by atoms with Crippen LogP contribution in [0.5, 0.6) is 0 Å². The van der Waals surface area contributed by atoms with Crippen molar-refractivity contribution >= 4 is 44.7 Å². The zero-order valence-corrected chi connectivity index (χ0v) is 12.9. The van der Waals surface area contributed by atoms with Crippen molar-refractivity contribution in [2.75, 3.05) is 17.2 Å². The minimum absolute atomic E-state index is 0.683. The fourth-order valence-corrected chi connectivity index (χ4v) is 2.13. The Morgan fingerprint density at radius 2 is 2.11 bits per heavy atom. The fourth-order valence-electron chi connectivity index (χ4n) is 1.61. The number of rotatable bonds is 5. The monoisotopic (exact) mass is 339 g/mol. The smallest absolute Gasteiger partial charge is 0.127 e. The topological polar surface area (TPSA) is 37.0 Å². The van der Waals surface area contributed by atoms with Crippen molar-refractivity contribution in [2.45, 2.75) is 13.3 Å². The lowest BCUT2D eigenvalue weighted by molar-refractivity contribution is 0.969. The molecule has 0 fully saturated rings. The van der Waals surface area contributed by atoms with Crippen molar-refractivity contribution < 1.29 is 0 Å². The quantitative estimate of drug-likeness (QED) is 0.798. The van der Waals surface area contributed by atoms with E-state index in [4.69, 9.17) is 11.6 Å². The van der Waals surface area contributed by atoms with Crippen LogP contribution in [0, 0.1) is 0 Å². The highest BCUT2D eigenvalue weighted by atomic mass is 79.9. The minimum atomic E-state index is 0.683. The third-order valence-corrected chi connectivity index (χ3v) is 3.35. The first-order valence-corrected chi connectivity index (χ1v) is 7.28. The van der Waals surface area contributed by atoms with Gasteiger partial charge in [0.05, 0.1) is 10.7 Å². The van der Waals surface area contributed by atoms with Crippen molar-refractivity contribution in [1.29, 1.82) is 0 Å². The van der Waals surface area contributed by atoms with Gasteiger partial charge in [-0.3, -0.25) is 0 Å². The van der Waals surface area contributed by atoms with E-state index in [-0.39, 0.29) is 0 Å². The van der Waals surface area contributed by atoms with Crippen LogP contribution >= 0.6 is 27.5 Å². The molecule has 3 nitrogen and oxygen atoms in total. The molecule has 1 heterocycles. The molecule has 5 heteroatoms. The molecule has 0 saturated carbocycles. The van der Waals surface area contributed by atoms with Gasteiger partial charge in [-0.05, 0) is 30.7 Å². The molecule has 0 aliphatic heterocycles. The number of nitrogens with one attached hydrogen (secondary N) is 2. The Labute approximate surface area is 126 Å². The van der Waals surface area contributed by atoms with Gasteiger partial charge in [0.25, 0.3) is 0 Å². The number of pyridine rings is 1. The molecular weight excluding hydrogens is 326 g/mol. The van der Waals surface area contributed by atoms with Crippen LogP contribution < -0.4 is 10.6 Å². The summed E-state index contributed by atoms with van der Waals surface area (Å²) in [6.07, 6.45) is 2.84. The Balaban J connectivity index is 2.16. The second-order valence-electron chi connectivity index (χ2n) is 4.11. The molecule has 0 aliphatic rings. The molecular formula is C14H15BrClN3. The van der Waals surface area contributed by atoms with E-state index in [2.05, 4.69) is 38.5 Å². The molecule has 2 rings (SSSR count). The molecule has 0 saturated heterocycles. The maximum atomic E-state index is 6.15. The van der Waals surface area contributed by atoms with E-state index in [0.29, 0.717) is 5.02 Å². The lowest BCUT2D eigenvalue weighted by Gasteiger charge is -2.10. The molecule has 0 atom stereocenters.